The Morgan fingerprint density at radius 1 is 0.600 bits per heavy atom. The van der Waals surface area contributed by atoms with Crippen molar-refractivity contribution in [3.8, 4) is 0 Å². The molecule has 0 aromatic carbocycles. The molecule has 0 aliphatic heterocycles. The zero-order valence-electron chi connectivity index (χ0n) is 16.6. The molecule has 0 rings (SSSR count). The number of hydrogen-bond acceptors (Lipinski definition) is 5. The molecule has 0 aromatic heterocycles. The average Bonchev–Trinajstić information content (AvgIpc) is 2.62. The van der Waals surface area contributed by atoms with Crippen LogP contribution in [-0.4, -0.2) is 52.2 Å². The molecule has 0 N–H and O–H groups in total. The average molecular weight is 361 g/mol. The summed E-state index contributed by atoms with van der Waals surface area (Å²) in [5.41, 5.74) is 0. The Hall–Kier alpha value is -0.650. The minimum Gasteiger partial charge on any atom is -0.466 e. The SMILES string of the molecule is CCCCCCCCCCOC(=O)CCCOCCOCCOCC. The van der Waals surface area contributed by atoms with Crippen molar-refractivity contribution in [2.75, 3.05) is 46.2 Å². The molecule has 25 heavy (non-hydrogen) atoms. The predicted molar refractivity (Wildman–Crippen MR) is 101 cm³/mol. The first-order chi connectivity index (χ1) is 12.3. The van der Waals surface area contributed by atoms with Gasteiger partial charge in [0.2, 0.25) is 0 Å². The molecule has 0 bridgehead atoms. The molecule has 0 aromatic rings. The lowest BCUT2D eigenvalue weighted by Gasteiger charge is -2.07. The van der Waals surface area contributed by atoms with E-state index >= 15 is 0 Å². The molecule has 0 heterocycles. The monoisotopic (exact) mass is 360 g/mol. The number of hydrogen-bond donors (Lipinski definition) is 0. The van der Waals surface area contributed by atoms with Gasteiger partial charge in [0.25, 0.3) is 0 Å². The van der Waals surface area contributed by atoms with E-state index in [0.717, 1.165) is 19.4 Å². The summed E-state index contributed by atoms with van der Waals surface area (Å²) >= 11 is 0. The smallest absolute Gasteiger partial charge is 0.305 e. The largest absolute Gasteiger partial charge is 0.466 e. The van der Waals surface area contributed by atoms with Crippen molar-refractivity contribution in [3.05, 3.63) is 0 Å². The Labute approximate surface area is 154 Å². The van der Waals surface area contributed by atoms with E-state index in [1.165, 1.54) is 38.5 Å². The fraction of sp³-hybridized carbons (Fsp3) is 0.950. The van der Waals surface area contributed by atoms with Crippen LogP contribution in [-0.2, 0) is 23.7 Å². The summed E-state index contributed by atoms with van der Waals surface area (Å²) in [6.07, 6.45) is 11.2. The topological polar surface area (TPSA) is 54.0 Å². The standard InChI is InChI=1S/C20H40O5/c1-3-5-6-7-8-9-10-11-15-25-20(21)13-12-14-23-18-19-24-17-16-22-4-2/h3-19H2,1-2H3. The lowest BCUT2D eigenvalue weighted by atomic mass is 10.1. The summed E-state index contributed by atoms with van der Waals surface area (Å²) in [6, 6.07) is 0. The summed E-state index contributed by atoms with van der Waals surface area (Å²) in [5.74, 6) is -0.112. The van der Waals surface area contributed by atoms with Crippen molar-refractivity contribution in [1.29, 1.82) is 0 Å². The predicted octanol–water partition coefficient (Wildman–Crippen LogP) is 4.52. The highest BCUT2D eigenvalue weighted by molar-refractivity contribution is 5.69. The number of rotatable bonds is 20. The molecule has 0 saturated carbocycles. The van der Waals surface area contributed by atoms with Crippen LogP contribution < -0.4 is 0 Å². The summed E-state index contributed by atoms with van der Waals surface area (Å²) in [4.78, 5) is 11.6. The highest BCUT2D eigenvalue weighted by Gasteiger charge is 2.02. The van der Waals surface area contributed by atoms with E-state index in [0.29, 0.717) is 52.5 Å². The fourth-order valence-electron chi connectivity index (χ4n) is 2.40. The molecule has 0 saturated heterocycles. The van der Waals surface area contributed by atoms with Gasteiger partial charge in [0, 0.05) is 19.6 Å². The molecule has 150 valence electrons. The second-order valence-electron chi connectivity index (χ2n) is 6.22. The number of ether oxygens (including phenoxy) is 4. The highest BCUT2D eigenvalue weighted by atomic mass is 16.5. The Bertz CT molecular complexity index is 271. The van der Waals surface area contributed by atoms with Crippen molar-refractivity contribution >= 4 is 5.97 Å². The van der Waals surface area contributed by atoms with Crippen LogP contribution in [0.1, 0.15) is 78.1 Å². The Kier molecular flexibility index (Phi) is 20.8. The molecular formula is C20H40O5. The van der Waals surface area contributed by atoms with Crippen LogP contribution in [0.4, 0.5) is 0 Å². The van der Waals surface area contributed by atoms with E-state index in [-0.39, 0.29) is 5.97 Å². The van der Waals surface area contributed by atoms with Crippen molar-refractivity contribution in [1.82, 2.24) is 0 Å². The Morgan fingerprint density at radius 2 is 1.16 bits per heavy atom. The Morgan fingerprint density at radius 3 is 1.80 bits per heavy atom. The first kappa shape index (κ1) is 24.4. The molecule has 0 aliphatic carbocycles. The van der Waals surface area contributed by atoms with Gasteiger partial charge in [0.1, 0.15) is 0 Å². The van der Waals surface area contributed by atoms with Crippen LogP contribution in [0.2, 0.25) is 0 Å². The van der Waals surface area contributed by atoms with E-state index in [1.807, 2.05) is 6.92 Å². The van der Waals surface area contributed by atoms with Crippen molar-refractivity contribution in [2.24, 2.45) is 0 Å². The normalized spacial score (nSPS) is 11.0. The minimum atomic E-state index is -0.112. The minimum absolute atomic E-state index is 0.112. The van der Waals surface area contributed by atoms with Gasteiger partial charge in [-0.2, -0.15) is 0 Å². The molecule has 0 aliphatic rings. The van der Waals surface area contributed by atoms with Gasteiger partial charge in [0.15, 0.2) is 0 Å². The van der Waals surface area contributed by atoms with Crippen LogP contribution in [0.5, 0.6) is 0 Å². The molecular weight excluding hydrogens is 320 g/mol. The maximum Gasteiger partial charge on any atom is 0.305 e. The van der Waals surface area contributed by atoms with Gasteiger partial charge in [-0.1, -0.05) is 51.9 Å². The van der Waals surface area contributed by atoms with E-state index in [2.05, 4.69) is 6.92 Å². The van der Waals surface area contributed by atoms with Gasteiger partial charge >= 0.3 is 5.97 Å². The second kappa shape index (κ2) is 21.4. The third-order valence-electron chi connectivity index (χ3n) is 3.88. The van der Waals surface area contributed by atoms with Crippen molar-refractivity contribution in [2.45, 2.75) is 78.1 Å². The molecule has 0 fully saturated rings. The van der Waals surface area contributed by atoms with Crippen molar-refractivity contribution < 1.29 is 23.7 Å². The van der Waals surface area contributed by atoms with Crippen LogP contribution in [0.3, 0.4) is 0 Å². The molecule has 5 heteroatoms. The maximum absolute atomic E-state index is 11.6. The molecule has 5 nitrogen and oxygen atoms in total. The molecule has 0 atom stereocenters. The molecule has 0 unspecified atom stereocenters. The van der Waals surface area contributed by atoms with E-state index in [9.17, 15) is 4.79 Å². The van der Waals surface area contributed by atoms with Gasteiger partial charge in [-0.05, 0) is 19.8 Å². The van der Waals surface area contributed by atoms with Crippen LogP contribution in [0.25, 0.3) is 0 Å². The molecule has 0 spiro atoms. The number of unbranched alkanes of at least 4 members (excludes halogenated alkanes) is 7. The van der Waals surface area contributed by atoms with Crippen LogP contribution >= 0.6 is 0 Å². The van der Waals surface area contributed by atoms with E-state index in [4.69, 9.17) is 18.9 Å². The van der Waals surface area contributed by atoms with Gasteiger partial charge < -0.3 is 18.9 Å². The lowest BCUT2D eigenvalue weighted by Crippen LogP contribution is -2.11. The summed E-state index contributed by atoms with van der Waals surface area (Å²) in [7, 11) is 0. The third kappa shape index (κ3) is 21.3. The molecule has 0 radical (unpaired) electrons. The van der Waals surface area contributed by atoms with Gasteiger partial charge in [-0.25, -0.2) is 0 Å². The highest BCUT2D eigenvalue weighted by Crippen LogP contribution is 2.08. The molecule has 0 amide bonds. The second-order valence-corrected chi connectivity index (χ2v) is 6.22. The van der Waals surface area contributed by atoms with E-state index < -0.39 is 0 Å². The number of carbonyl (C=O) groups excluding carboxylic acids is 1. The summed E-state index contributed by atoms with van der Waals surface area (Å²) < 4.78 is 21.1. The fourth-order valence-corrected chi connectivity index (χ4v) is 2.40. The Balaban J connectivity index is 3.13. The first-order valence-electron chi connectivity index (χ1n) is 10.2. The van der Waals surface area contributed by atoms with E-state index in [1.54, 1.807) is 0 Å². The zero-order valence-corrected chi connectivity index (χ0v) is 16.6. The van der Waals surface area contributed by atoms with Crippen LogP contribution in [0.15, 0.2) is 0 Å². The van der Waals surface area contributed by atoms with Crippen LogP contribution in [0, 0.1) is 0 Å². The van der Waals surface area contributed by atoms with Gasteiger partial charge in [-0.3, -0.25) is 4.79 Å². The lowest BCUT2D eigenvalue weighted by molar-refractivity contribution is -0.144. The van der Waals surface area contributed by atoms with Gasteiger partial charge in [0.05, 0.1) is 33.0 Å². The summed E-state index contributed by atoms with van der Waals surface area (Å²) in [5, 5.41) is 0. The summed E-state index contributed by atoms with van der Waals surface area (Å²) in [6.45, 7) is 8.39. The number of carbonyl (C=O) groups is 1. The number of esters is 1. The van der Waals surface area contributed by atoms with Crippen molar-refractivity contribution in [3.63, 3.8) is 0 Å². The first-order valence-corrected chi connectivity index (χ1v) is 10.2. The maximum atomic E-state index is 11.6. The third-order valence-corrected chi connectivity index (χ3v) is 3.88. The quantitative estimate of drug-likeness (QED) is 0.236. The van der Waals surface area contributed by atoms with Gasteiger partial charge in [-0.15, -0.1) is 0 Å². The zero-order chi connectivity index (χ0) is 18.4.